The maximum absolute atomic E-state index is 11.9. The molecule has 2 N–H and O–H groups in total. The van der Waals surface area contributed by atoms with Crippen LogP contribution in [0.3, 0.4) is 0 Å². The average Bonchev–Trinajstić information content (AvgIpc) is 2.65. The van der Waals surface area contributed by atoms with Gasteiger partial charge < -0.3 is 24.4 Å². The first-order valence-corrected chi connectivity index (χ1v) is 8.41. The van der Waals surface area contributed by atoms with Crippen LogP contribution >= 0.6 is 0 Å². The van der Waals surface area contributed by atoms with Gasteiger partial charge in [-0.05, 0) is 37.1 Å². The second-order valence-electron chi connectivity index (χ2n) is 5.83. The average molecular weight is 374 g/mol. The van der Waals surface area contributed by atoms with Crippen molar-refractivity contribution in [3.63, 3.8) is 0 Å². The van der Waals surface area contributed by atoms with Crippen molar-refractivity contribution >= 4 is 11.9 Å². The molecule has 27 heavy (non-hydrogen) atoms. The van der Waals surface area contributed by atoms with E-state index in [9.17, 15) is 19.8 Å². The van der Waals surface area contributed by atoms with Gasteiger partial charge in [0.05, 0.1) is 13.2 Å². The van der Waals surface area contributed by atoms with E-state index < -0.39 is 11.9 Å². The molecular formula is C20H22O7. The lowest BCUT2D eigenvalue weighted by Crippen LogP contribution is -2.15. The molecule has 7 nitrogen and oxygen atoms in total. The Bertz CT molecular complexity index is 746. The molecule has 0 radical (unpaired) electrons. The third kappa shape index (κ3) is 5.46. The number of carbonyl (C=O) groups is 2. The van der Waals surface area contributed by atoms with Gasteiger partial charge in [0.2, 0.25) is 0 Å². The van der Waals surface area contributed by atoms with E-state index in [4.69, 9.17) is 14.2 Å². The number of esters is 2. The van der Waals surface area contributed by atoms with Gasteiger partial charge in [0.15, 0.2) is 0 Å². The molecule has 0 aliphatic heterocycles. The van der Waals surface area contributed by atoms with E-state index in [2.05, 4.69) is 0 Å². The number of ether oxygens (including phenoxy) is 3. The summed E-state index contributed by atoms with van der Waals surface area (Å²) in [5, 5.41) is 19.6. The summed E-state index contributed by atoms with van der Waals surface area (Å²) in [6, 6.07) is 9.64. The SMILES string of the molecule is Cc1cccc(C(=O)OCCOCCOC(=O)c2cccc(C)c2O)c1O. The minimum Gasteiger partial charge on any atom is -0.507 e. The summed E-state index contributed by atoms with van der Waals surface area (Å²) >= 11 is 0. The Labute approximate surface area is 157 Å². The predicted molar refractivity (Wildman–Crippen MR) is 97.1 cm³/mol. The third-order valence-corrected chi connectivity index (χ3v) is 3.84. The molecule has 7 heteroatoms. The molecule has 0 unspecified atom stereocenters. The lowest BCUT2D eigenvalue weighted by molar-refractivity contribution is 0.0149. The van der Waals surface area contributed by atoms with E-state index in [1.807, 2.05) is 0 Å². The smallest absolute Gasteiger partial charge is 0.342 e. The number of hydrogen-bond acceptors (Lipinski definition) is 7. The Kier molecular flexibility index (Phi) is 7.19. The van der Waals surface area contributed by atoms with Crippen molar-refractivity contribution in [2.45, 2.75) is 13.8 Å². The third-order valence-electron chi connectivity index (χ3n) is 3.84. The van der Waals surface area contributed by atoms with E-state index in [0.717, 1.165) is 0 Å². The number of rotatable bonds is 8. The van der Waals surface area contributed by atoms with Gasteiger partial charge in [-0.1, -0.05) is 24.3 Å². The highest BCUT2D eigenvalue weighted by Crippen LogP contribution is 2.22. The Morgan fingerprint density at radius 1 is 0.741 bits per heavy atom. The standard InChI is InChI=1S/C20H22O7/c1-13-5-3-7-15(17(13)21)19(23)26-11-9-25-10-12-27-20(24)16-8-4-6-14(2)18(16)22/h3-8,21-22H,9-12H2,1-2H3. The Balaban J connectivity index is 1.65. The topological polar surface area (TPSA) is 102 Å². The van der Waals surface area contributed by atoms with Crippen LogP contribution in [0, 0.1) is 13.8 Å². The van der Waals surface area contributed by atoms with Gasteiger partial charge in [-0.2, -0.15) is 0 Å². The number of carbonyl (C=O) groups excluding carboxylic acids is 2. The first kappa shape index (κ1) is 20.3. The summed E-state index contributed by atoms with van der Waals surface area (Å²) in [6.45, 7) is 3.61. The summed E-state index contributed by atoms with van der Waals surface area (Å²) < 4.78 is 15.3. The summed E-state index contributed by atoms with van der Waals surface area (Å²) in [4.78, 5) is 23.8. The van der Waals surface area contributed by atoms with Gasteiger partial charge in [-0.15, -0.1) is 0 Å². The summed E-state index contributed by atoms with van der Waals surface area (Å²) in [7, 11) is 0. The van der Waals surface area contributed by atoms with Gasteiger partial charge >= 0.3 is 11.9 Å². The molecule has 0 spiro atoms. The van der Waals surface area contributed by atoms with Gasteiger partial charge in [0.1, 0.15) is 35.8 Å². The minimum absolute atomic E-state index is 0.00116. The monoisotopic (exact) mass is 374 g/mol. The van der Waals surface area contributed by atoms with Crippen LogP contribution in [0.25, 0.3) is 0 Å². The van der Waals surface area contributed by atoms with Crippen molar-refractivity contribution in [3.05, 3.63) is 58.7 Å². The molecule has 2 aromatic carbocycles. The van der Waals surface area contributed by atoms with Crippen LogP contribution in [-0.2, 0) is 14.2 Å². The normalized spacial score (nSPS) is 10.4. The van der Waals surface area contributed by atoms with Crippen LogP contribution in [-0.4, -0.2) is 48.6 Å². The zero-order valence-corrected chi connectivity index (χ0v) is 15.2. The molecule has 0 saturated heterocycles. The van der Waals surface area contributed by atoms with Crippen LogP contribution in [0.5, 0.6) is 11.5 Å². The highest BCUT2D eigenvalue weighted by atomic mass is 16.6. The van der Waals surface area contributed by atoms with E-state index in [0.29, 0.717) is 11.1 Å². The van der Waals surface area contributed by atoms with Crippen molar-refractivity contribution in [1.29, 1.82) is 0 Å². The quantitative estimate of drug-likeness (QED) is 0.541. The van der Waals surface area contributed by atoms with Crippen molar-refractivity contribution in [3.8, 4) is 11.5 Å². The highest BCUT2D eigenvalue weighted by Gasteiger charge is 2.14. The number of para-hydroxylation sites is 2. The molecule has 0 aliphatic rings. The molecule has 0 amide bonds. The fraction of sp³-hybridized carbons (Fsp3) is 0.300. The van der Waals surface area contributed by atoms with Crippen LogP contribution in [0.4, 0.5) is 0 Å². The second kappa shape index (κ2) is 9.59. The number of aromatic hydroxyl groups is 2. The molecule has 0 aliphatic carbocycles. The van der Waals surface area contributed by atoms with Crippen molar-refractivity contribution in [1.82, 2.24) is 0 Å². The predicted octanol–water partition coefficient (Wildman–Crippen LogP) is 2.75. The van der Waals surface area contributed by atoms with Gasteiger partial charge in [-0.3, -0.25) is 0 Å². The maximum Gasteiger partial charge on any atom is 0.342 e. The van der Waals surface area contributed by atoms with E-state index >= 15 is 0 Å². The van der Waals surface area contributed by atoms with Gasteiger partial charge in [-0.25, -0.2) is 9.59 Å². The molecule has 0 bridgehead atoms. The fourth-order valence-electron chi connectivity index (χ4n) is 2.29. The molecule has 0 aromatic heterocycles. The van der Waals surface area contributed by atoms with Crippen LogP contribution in [0.1, 0.15) is 31.8 Å². The molecule has 0 saturated carbocycles. The number of benzene rings is 2. The Hall–Kier alpha value is -3.06. The Morgan fingerprint density at radius 2 is 1.15 bits per heavy atom. The molecule has 2 aromatic rings. The summed E-state index contributed by atoms with van der Waals surface area (Å²) in [6.07, 6.45) is 0. The number of aryl methyl sites for hydroxylation is 2. The van der Waals surface area contributed by atoms with Crippen molar-refractivity contribution < 1.29 is 34.0 Å². The molecule has 2 rings (SSSR count). The zero-order valence-electron chi connectivity index (χ0n) is 15.2. The molecule has 144 valence electrons. The minimum atomic E-state index is -0.638. The second-order valence-corrected chi connectivity index (χ2v) is 5.83. The molecular weight excluding hydrogens is 352 g/mol. The first-order chi connectivity index (χ1) is 12.9. The fourth-order valence-corrected chi connectivity index (χ4v) is 2.29. The Morgan fingerprint density at radius 3 is 1.56 bits per heavy atom. The van der Waals surface area contributed by atoms with Gasteiger partial charge in [0, 0.05) is 0 Å². The first-order valence-electron chi connectivity index (χ1n) is 8.41. The highest BCUT2D eigenvalue weighted by molar-refractivity contribution is 5.93. The van der Waals surface area contributed by atoms with Gasteiger partial charge in [0.25, 0.3) is 0 Å². The number of phenolic OH excluding ortho intramolecular Hbond substituents is 2. The maximum atomic E-state index is 11.9. The summed E-state index contributed by atoms with van der Waals surface area (Å²) in [5.74, 6) is -1.48. The number of hydrogen-bond donors (Lipinski definition) is 2. The molecule has 0 heterocycles. The van der Waals surface area contributed by atoms with Crippen LogP contribution in [0.2, 0.25) is 0 Å². The zero-order chi connectivity index (χ0) is 19.8. The largest absolute Gasteiger partial charge is 0.507 e. The van der Waals surface area contributed by atoms with E-state index in [1.54, 1.807) is 38.1 Å². The molecule has 0 fully saturated rings. The van der Waals surface area contributed by atoms with Crippen LogP contribution < -0.4 is 0 Å². The lowest BCUT2D eigenvalue weighted by atomic mass is 10.1. The van der Waals surface area contributed by atoms with Crippen LogP contribution in [0.15, 0.2) is 36.4 Å². The summed E-state index contributed by atoms with van der Waals surface area (Å²) in [5.41, 5.74) is 1.37. The lowest BCUT2D eigenvalue weighted by Gasteiger charge is -2.09. The van der Waals surface area contributed by atoms with E-state index in [-0.39, 0.29) is 49.1 Å². The van der Waals surface area contributed by atoms with Crippen molar-refractivity contribution in [2.75, 3.05) is 26.4 Å². The molecule has 0 atom stereocenters. The van der Waals surface area contributed by atoms with Crippen molar-refractivity contribution in [2.24, 2.45) is 0 Å². The van der Waals surface area contributed by atoms with E-state index in [1.165, 1.54) is 12.1 Å². The number of phenols is 2.